The summed E-state index contributed by atoms with van der Waals surface area (Å²) in [5.74, 6) is 0. The molecule has 0 saturated carbocycles. The smallest absolute Gasteiger partial charge is 0.00772 e. The normalized spacial score (nSPS) is 18.8. The van der Waals surface area contributed by atoms with E-state index in [-0.39, 0.29) is 0 Å². The van der Waals surface area contributed by atoms with Crippen molar-refractivity contribution in [1.29, 1.82) is 0 Å². The fourth-order valence-corrected chi connectivity index (χ4v) is 0.604. The fraction of sp³-hybridized carbons (Fsp3) is 1.00. The molecule has 1 aliphatic heterocycles. The minimum absolute atomic E-state index is 1.14. The molecule has 0 bridgehead atoms. The molecule has 0 spiro atoms. The molecule has 0 atom stereocenters. The molecule has 0 unspecified atom stereocenters. The van der Waals surface area contributed by atoms with Crippen molar-refractivity contribution in [3.05, 3.63) is 0 Å². The van der Waals surface area contributed by atoms with E-state index in [1.54, 1.807) is 6.26 Å². The minimum Gasteiger partial charge on any atom is -0.314 e. The topological polar surface area (TPSA) is 24.1 Å². The molecule has 2 N–H and O–H groups in total. The lowest BCUT2D eigenvalue weighted by Gasteiger charge is -2.11. The molecule has 0 aliphatic carbocycles. The molecule has 0 amide bonds. The summed E-state index contributed by atoms with van der Waals surface area (Å²) in [5, 5.41) is 6.44. The Balaban J connectivity index is 0.000000222. The molecule has 1 heterocycles. The molecule has 2 nitrogen and oxygen atoms in total. The Hall–Kier alpha value is 0.270. The summed E-state index contributed by atoms with van der Waals surface area (Å²) in [6.45, 7) is 4.56. The van der Waals surface area contributed by atoms with Gasteiger partial charge in [-0.15, -0.1) is 0 Å². The van der Waals surface area contributed by atoms with Gasteiger partial charge in [0.25, 0.3) is 0 Å². The van der Waals surface area contributed by atoms with Gasteiger partial charge in [0.05, 0.1) is 0 Å². The summed E-state index contributed by atoms with van der Waals surface area (Å²) in [7, 11) is 0. The van der Waals surface area contributed by atoms with E-state index in [4.69, 9.17) is 0 Å². The zero-order valence-electron chi connectivity index (χ0n) is 5.28. The lowest BCUT2D eigenvalue weighted by atomic mass is 10.4. The first-order chi connectivity index (χ1) is 4.00. The third-order valence-corrected chi connectivity index (χ3v) is 0.957. The highest BCUT2D eigenvalue weighted by atomic mass is 32.1. The first-order valence-electron chi connectivity index (χ1n) is 2.86. The lowest BCUT2D eigenvalue weighted by Crippen LogP contribution is -2.39. The Morgan fingerprint density at radius 2 is 1.12 bits per heavy atom. The number of hydrogen-bond acceptors (Lipinski definition) is 3. The van der Waals surface area contributed by atoms with Gasteiger partial charge in [0.2, 0.25) is 0 Å². The van der Waals surface area contributed by atoms with E-state index in [9.17, 15) is 0 Å². The molecule has 1 saturated heterocycles. The van der Waals surface area contributed by atoms with Crippen LogP contribution in [0.2, 0.25) is 0 Å². The van der Waals surface area contributed by atoms with Crippen LogP contribution in [0.3, 0.4) is 0 Å². The molecule has 1 rings (SSSR count). The molecule has 0 aromatic heterocycles. The highest BCUT2D eigenvalue weighted by molar-refractivity contribution is 7.79. The van der Waals surface area contributed by atoms with Crippen LogP contribution < -0.4 is 10.6 Å². The van der Waals surface area contributed by atoms with Crippen LogP contribution in [0.5, 0.6) is 0 Å². The number of rotatable bonds is 0. The molecule has 1 aliphatic rings. The quantitative estimate of drug-likeness (QED) is 0.397. The zero-order valence-corrected chi connectivity index (χ0v) is 6.17. The Morgan fingerprint density at radius 1 is 0.875 bits per heavy atom. The van der Waals surface area contributed by atoms with Crippen LogP contribution in [-0.2, 0) is 0 Å². The van der Waals surface area contributed by atoms with Crippen molar-refractivity contribution < 1.29 is 0 Å². The molecule has 0 aromatic carbocycles. The number of hydrogen-bond donors (Lipinski definition) is 3. The Bertz CT molecular complexity index is 25.9. The first kappa shape index (κ1) is 8.27. The van der Waals surface area contributed by atoms with Crippen LogP contribution in [0.1, 0.15) is 0 Å². The van der Waals surface area contributed by atoms with Crippen molar-refractivity contribution in [3.63, 3.8) is 0 Å². The largest absolute Gasteiger partial charge is 0.314 e. The van der Waals surface area contributed by atoms with Gasteiger partial charge in [-0.25, -0.2) is 0 Å². The maximum Gasteiger partial charge on any atom is 0.00772 e. The Kier molecular flexibility index (Phi) is 7.52. The van der Waals surface area contributed by atoms with Crippen molar-refractivity contribution in [3.8, 4) is 0 Å². The summed E-state index contributed by atoms with van der Waals surface area (Å²) in [4.78, 5) is 0. The van der Waals surface area contributed by atoms with E-state index >= 15 is 0 Å². The van der Waals surface area contributed by atoms with Gasteiger partial charge in [-0.1, -0.05) is 0 Å². The van der Waals surface area contributed by atoms with Crippen LogP contribution in [0.25, 0.3) is 0 Å². The lowest BCUT2D eigenvalue weighted by molar-refractivity contribution is 0.534. The third-order valence-electron chi connectivity index (χ3n) is 0.957. The molecule has 0 aromatic rings. The summed E-state index contributed by atoms with van der Waals surface area (Å²) in [6, 6.07) is 0. The van der Waals surface area contributed by atoms with Crippen molar-refractivity contribution in [2.75, 3.05) is 32.4 Å². The van der Waals surface area contributed by atoms with Crippen LogP contribution in [0, 0.1) is 0 Å². The van der Waals surface area contributed by atoms with E-state index in [0.29, 0.717) is 0 Å². The fourth-order valence-electron chi connectivity index (χ4n) is 0.604. The number of piperazine rings is 1. The third kappa shape index (κ3) is 4.43. The van der Waals surface area contributed by atoms with Crippen LogP contribution in [0.15, 0.2) is 0 Å². The number of thiol groups is 1. The van der Waals surface area contributed by atoms with Crippen molar-refractivity contribution in [1.82, 2.24) is 10.6 Å². The van der Waals surface area contributed by atoms with Gasteiger partial charge >= 0.3 is 0 Å². The second-order valence-corrected chi connectivity index (χ2v) is 1.50. The Morgan fingerprint density at radius 3 is 1.25 bits per heavy atom. The predicted molar refractivity (Wildman–Crippen MR) is 40.6 cm³/mol. The SMILES string of the molecule is C1CNCCN1.CS. The van der Waals surface area contributed by atoms with Gasteiger partial charge in [0.1, 0.15) is 0 Å². The van der Waals surface area contributed by atoms with Crippen molar-refractivity contribution in [2.45, 2.75) is 0 Å². The highest BCUT2D eigenvalue weighted by Crippen LogP contribution is 1.65. The van der Waals surface area contributed by atoms with Gasteiger partial charge < -0.3 is 10.6 Å². The summed E-state index contributed by atoms with van der Waals surface area (Å²) >= 11 is 3.53. The summed E-state index contributed by atoms with van der Waals surface area (Å²) in [6.07, 6.45) is 1.69. The van der Waals surface area contributed by atoms with E-state index in [1.165, 1.54) is 0 Å². The van der Waals surface area contributed by atoms with E-state index in [0.717, 1.165) is 26.2 Å². The van der Waals surface area contributed by atoms with Crippen LogP contribution >= 0.6 is 12.6 Å². The summed E-state index contributed by atoms with van der Waals surface area (Å²) < 4.78 is 0. The van der Waals surface area contributed by atoms with Gasteiger partial charge in [-0.05, 0) is 6.26 Å². The van der Waals surface area contributed by atoms with E-state index in [2.05, 4.69) is 23.3 Å². The van der Waals surface area contributed by atoms with Crippen LogP contribution in [0.4, 0.5) is 0 Å². The maximum atomic E-state index is 3.53. The summed E-state index contributed by atoms with van der Waals surface area (Å²) in [5.41, 5.74) is 0. The number of nitrogens with one attached hydrogen (secondary N) is 2. The molecular weight excluding hydrogens is 120 g/mol. The first-order valence-corrected chi connectivity index (χ1v) is 3.76. The van der Waals surface area contributed by atoms with Gasteiger partial charge in [0, 0.05) is 26.2 Å². The minimum atomic E-state index is 1.14. The van der Waals surface area contributed by atoms with Crippen molar-refractivity contribution >= 4 is 12.6 Å². The second kappa shape index (κ2) is 7.27. The molecule has 3 heteroatoms. The molecule has 8 heavy (non-hydrogen) atoms. The average Bonchev–Trinajstić information content (AvgIpc) is 1.96. The Labute approximate surface area is 56.5 Å². The molecular formula is C5H14N2S. The van der Waals surface area contributed by atoms with Crippen molar-refractivity contribution in [2.24, 2.45) is 0 Å². The average molecular weight is 134 g/mol. The van der Waals surface area contributed by atoms with E-state index in [1.807, 2.05) is 0 Å². The zero-order chi connectivity index (χ0) is 6.24. The molecule has 1 fully saturated rings. The van der Waals surface area contributed by atoms with Gasteiger partial charge in [-0.3, -0.25) is 0 Å². The predicted octanol–water partition coefficient (Wildman–Crippen LogP) is -0.275. The monoisotopic (exact) mass is 134 g/mol. The standard InChI is InChI=1S/C4H10N2.CH4S/c1-2-6-4-3-5-1;1-2/h5-6H,1-4H2;2H,1H3. The van der Waals surface area contributed by atoms with E-state index < -0.39 is 0 Å². The second-order valence-electron chi connectivity index (χ2n) is 1.50. The maximum absolute atomic E-state index is 3.53. The highest BCUT2D eigenvalue weighted by Gasteiger charge is 1.91. The molecule has 0 radical (unpaired) electrons. The van der Waals surface area contributed by atoms with Gasteiger partial charge in [0.15, 0.2) is 0 Å². The van der Waals surface area contributed by atoms with Gasteiger partial charge in [-0.2, -0.15) is 12.6 Å². The van der Waals surface area contributed by atoms with Crippen LogP contribution in [-0.4, -0.2) is 32.4 Å². The molecule has 50 valence electrons.